The number of carboxylic acids is 1. The standard InChI is InChI=1S/C12H12ClN3O3/c1-3-9-11(12(17)18)14-15-16(9)7-4-5-10(19-2)8(13)6-7/h4-6H,3H2,1-2H3,(H,17,18). The Hall–Kier alpha value is -2.08. The first-order chi connectivity index (χ1) is 9.08. The van der Waals surface area contributed by atoms with Crippen LogP contribution < -0.4 is 4.74 Å². The van der Waals surface area contributed by atoms with Gasteiger partial charge in [-0.05, 0) is 24.6 Å². The molecule has 0 bridgehead atoms. The van der Waals surface area contributed by atoms with Gasteiger partial charge in [-0.2, -0.15) is 0 Å². The molecule has 6 nitrogen and oxygen atoms in total. The van der Waals surface area contributed by atoms with E-state index in [9.17, 15) is 4.79 Å². The van der Waals surface area contributed by atoms with Crippen molar-refractivity contribution in [3.8, 4) is 11.4 Å². The quantitative estimate of drug-likeness (QED) is 0.929. The average molecular weight is 282 g/mol. The lowest BCUT2D eigenvalue weighted by Gasteiger charge is -2.08. The van der Waals surface area contributed by atoms with Crippen LogP contribution in [0, 0.1) is 0 Å². The van der Waals surface area contributed by atoms with E-state index in [1.54, 1.807) is 18.2 Å². The molecule has 0 saturated carbocycles. The summed E-state index contributed by atoms with van der Waals surface area (Å²) in [6.07, 6.45) is 0.498. The molecule has 0 spiro atoms. The molecule has 0 unspecified atom stereocenters. The number of nitrogens with zero attached hydrogens (tertiary/aromatic N) is 3. The molecule has 0 aliphatic carbocycles. The Morgan fingerprint density at radius 2 is 2.26 bits per heavy atom. The predicted octanol–water partition coefficient (Wildman–Crippen LogP) is 2.19. The summed E-state index contributed by atoms with van der Waals surface area (Å²) < 4.78 is 6.53. The van der Waals surface area contributed by atoms with Crippen LogP contribution in [-0.4, -0.2) is 33.2 Å². The van der Waals surface area contributed by atoms with E-state index < -0.39 is 5.97 Å². The summed E-state index contributed by atoms with van der Waals surface area (Å²) >= 11 is 6.04. The van der Waals surface area contributed by atoms with Crippen molar-refractivity contribution < 1.29 is 14.6 Å². The van der Waals surface area contributed by atoms with Crippen molar-refractivity contribution in [1.82, 2.24) is 15.0 Å². The molecule has 100 valence electrons. The van der Waals surface area contributed by atoms with Crippen LogP contribution in [0.4, 0.5) is 0 Å². The van der Waals surface area contributed by atoms with Gasteiger partial charge in [0.15, 0.2) is 5.69 Å². The Labute approximate surface area is 114 Å². The number of carboxylic acid groups (broad SMARTS) is 1. The van der Waals surface area contributed by atoms with Crippen molar-refractivity contribution in [2.45, 2.75) is 13.3 Å². The second-order valence-corrected chi connectivity index (χ2v) is 4.18. The van der Waals surface area contributed by atoms with Crippen molar-refractivity contribution in [2.24, 2.45) is 0 Å². The first-order valence-electron chi connectivity index (χ1n) is 5.60. The minimum atomic E-state index is -1.09. The number of methoxy groups -OCH3 is 1. The largest absolute Gasteiger partial charge is 0.495 e. The van der Waals surface area contributed by atoms with Gasteiger partial charge in [0.05, 0.1) is 23.5 Å². The maximum absolute atomic E-state index is 11.0. The summed E-state index contributed by atoms with van der Waals surface area (Å²) in [5.74, 6) is -0.551. The minimum Gasteiger partial charge on any atom is -0.495 e. The van der Waals surface area contributed by atoms with Gasteiger partial charge < -0.3 is 9.84 Å². The Morgan fingerprint density at radius 3 is 2.79 bits per heavy atom. The molecule has 0 radical (unpaired) electrons. The van der Waals surface area contributed by atoms with E-state index in [-0.39, 0.29) is 5.69 Å². The molecule has 0 saturated heterocycles. The van der Waals surface area contributed by atoms with Gasteiger partial charge in [-0.1, -0.05) is 23.7 Å². The van der Waals surface area contributed by atoms with E-state index in [4.69, 9.17) is 21.4 Å². The highest BCUT2D eigenvalue weighted by Crippen LogP contribution is 2.27. The fourth-order valence-corrected chi connectivity index (χ4v) is 2.03. The Kier molecular flexibility index (Phi) is 3.71. The average Bonchev–Trinajstić information content (AvgIpc) is 2.82. The van der Waals surface area contributed by atoms with E-state index >= 15 is 0 Å². The van der Waals surface area contributed by atoms with Crippen LogP contribution >= 0.6 is 11.6 Å². The summed E-state index contributed by atoms with van der Waals surface area (Å²) in [7, 11) is 1.52. The Morgan fingerprint density at radius 1 is 1.53 bits per heavy atom. The lowest BCUT2D eigenvalue weighted by molar-refractivity contribution is 0.0689. The highest BCUT2D eigenvalue weighted by atomic mass is 35.5. The summed E-state index contributed by atoms with van der Waals surface area (Å²) in [4.78, 5) is 11.0. The fourth-order valence-electron chi connectivity index (χ4n) is 1.78. The van der Waals surface area contributed by atoms with Crippen LogP contribution in [0.2, 0.25) is 5.02 Å². The molecular weight excluding hydrogens is 270 g/mol. The number of aromatic nitrogens is 3. The Balaban J connectivity index is 2.53. The van der Waals surface area contributed by atoms with Gasteiger partial charge in [0.2, 0.25) is 0 Å². The third-order valence-corrected chi connectivity index (χ3v) is 2.98. The zero-order valence-electron chi connectivity index (χ0n) is 10.4. The highest BCUT2D eigenvalue weighted by Gasteiger charge is 2.18. The van der Waals surface area contributed by atoms with E-state index in [0.717, 1.165) is 0 Å². The second-order valence-electron chi connectivity index (χ2n) is 3.77. The number of hydrogen-bond acceptors (Lipinski definition) is 4. The summed E-state index contributed by atoms with van der Waals surface area (Å²) in [5, 5.41) is 17.0. The van der Waals surface area contributed by atoms with Crippen LogP contribution in [0.15, 0.2) is 18.2 Å². The lowest BCUT2D eigenvalue weighted by atomic mass is 10.2. The SMILES string of the molecule is CCc1c(C(=O)O)nnn1-c1ccc(OC)c(Cl)c1. The number of benzene rings is 1. The van der Waals surface area contributed by atoms with E-state index in [2.05, 4.69) is 10.3 Å². The fraction of sp³-hybridized carbons (Fsp3) is 0.250. The van der Waals surface area contributed by atoms with Gasteiger partial charge in [-0.3, -0.25) is 0 Å². The molecule has 0 atom stereocenters. The zero-order valence-corrected chi connectivity index (χ0v) is 11.2. The highest BCUT2D eigenvalue weighted by molar-refractivity contribution is 6.32. The zero-order chi connectivity index (χ0) is 14.0. The van der Waals surface area contributed by atoms with Crippen LogP contribution in [0.3, 0.4) is 0 Å². The molecule has 1 N–H and O–H groups in total. The third-order valence-electron chi connectivity index (χ3n) is 2.68. The summed E-state index contributed by atoms with van der Waals surface area (Å²) in [6.45, 7) is 1.84. The second kappa shape index (κ2) is 5.27. The van der Waals surface area contributed by atoms with Gasteiger partial charge in [-0.25, -0.2) is 9.48 Å². The van der Waals surface area contributed by atoms with Crippen molar-refractivity contribution in [1.29, 1.82) is 0 Å². The third kappa shape index (κ3) is 2.39. The van der Waals surface area contributed by atoms with Crippen molar-refractivity contribution >= 4 is 17.6 Å². The van der Waals surface area contributed by atoms with Crippen molar-refractivity contribution in [2.75, 3.05) is 7.11 Å². The first kappa shape index (κ1) is 13.4. The summed E-state index contributed by atoms with van der Waals surface area (Å²) in [6, 6.07) is 5.09. The number of hydrogen-bond donors (Lipinski definition) is 1. The van der Waals surface area contributed by atoms with Gasteiger partial charge in [0.1, 0.15) is 5.75 Å². The van der Waals surface area contributed by atoms with Crippen LogP contribution in [-0.2, 0) is 6.42 Å². The number of aromatic carboxylic acids is 1. The number of rotatable bonds is 4. The molecule has 0 fully saturated rings. The molecule has 7 heteroatoms. The van der Waals surface area contributed by atoms with Gasteiger partial charge >= 0.3 is 5.97 Å². The maximum Gasteiger partial charge on any atom is 0.358 e. The monoisotopic (exact) mass is 281 g/mol. The Bertz CT molecular complexity index is 625. The number of halogens is 1. The topological polar surface area (TPSA) is 77.2 Å². The van der Waals surface area contributed by atoms with Crippen LogP contribution in [0.25, 0.3) is 5.69 Å². The van der Waals surface area contributed by atoms with Crippen molar-refractivity contribution in [3.63, 3.8) is 0 Å². The first-order valence-corrected chi connectivity index (χ1v) is 5.98. The number of ether oxygens (including phenoxy) is 1. The molecule has 1 aromatic heterocycles. The molecule has 2 aromatic rings. The molecule has 0 aliphatic heterocycles. The lowest BCUT2D eigenvalue weighted by Crippen LogP contribution is -2.06. The van der Waals surface area contributed by atoms with E-state index in [0.29, 0.717) is 28.6 Å². The maximum atomic E-state index is 11.0. The normalized spacial score (nSPS) is 10.5. The van der Waals surface area contributed by atoms with Crippen LogP contribution in [0.5, 0.6) is 5.75 Å². The smallest absolute Gasteiger partial charge is 0.358 e. The molecule has 2 rings (SSSR count). The molecular formula is C12H12ClN3O3. The van der Waals surface area contributed by atoms with Gasteiger partial charge in [0, 0.05) is 0 Å². The predicted molar refractivity (Wildman–Crippen MR) is 69.3 cm³/mol. The van der Waals surface area contributed by atoms with Gasteiger partial charge in [-0.15, -0.1) is 5.10 Å². The number of carbonyl (C=O) groups is 1. The molecule has 19 heavy (non-hydrogen) atoms. The summed E-state index contributed by atoms with van der Waals surface area (Å²) in [5.41, 5.74) is 1.12. The van der Waals surface area contributed by atoms with Gasteiger partial charge in [0.25, 0.3) is 0 Å². The van der Waals surface area contributed by atoms with E-state index in [1.165, 1.54) is 11.8 Å². The minimum absolute atomic E-state index is 0.0468. The van der Waals surface area contributed by atoms with Crippen molar-refractivity contribution in [3.05, 3.63) is 34.6 Å². The molecule has 1 heterocycles. The molecule has 1 aromatic carbocycles. The van der Waals surface area contributed by atoms with E-state index in [1.807, 2.05) is 6.92 Å². The molecule has 0 aliphatic rings. The molecule has 0 amide bonds. The van der Waals surface area contributed by atoms with Crippen LogP contribution in [0.1, 0.15) is 23.1 Å².